The standard InChI is InChI=1S/C23H25N3O4/c1-28-17-8-6-16(7-9-17)22-20-5-4-12-25(20)13-14-26(22)23(27)24-19-11-10-18(29-2)15-21(19)30-3/h4-12,15,22H,13-14H2,1-3H3,(H,24,27)/t22-/m0/s1. The van der Waals surface area contributed by atoms with E-state index < -0.39 is 0 Å². The lowest BCUT2D eigenvalue weighted by Gasteiger charge is -2.37. The summed E-state index contributed by atoms with van der Waals surface area (Å²) in [6.45, 7) is 1.32. The van der Waals surface area contributed by atoms with Crippen LogP contribution in [0.15, 0.2) is 60.8 Å². The number of anilines is 1. The SMILES string of the molecule is COc1ccc([C@H]2c3cccn3CCN2C(=O)Nc2ccc(OC)cc2OC)cc1. The van der Waals surface area contributed by atoms with E-state index in [0.29, 0.717) is 23.7 Å². The van der Waals surface area contributed by atoms with Crippen LogP contribution in [0, 0.1) is 0 Å². The first kappa shape index (κ1) is 19.7. The van der Waals surface area contributed by atoms with Crippen LogP contribution in [0.1, 0.15) is 17.3 Å². The van der Waals surface area contributed by atoms with Gasteiger partial charge in [0.15, 0.2) is 0 Å². The van der Waals surface area contributed by atoms with Crippen LogP contribution in [-0.4, -0.2) is 43.4 Å². The van der Waals surface area contributed by atoms with Crippen LogP contribution in [0.3, 0.4) is 0 Å². The number of aromatic nitrogens is 1. The predicted molar refractivity (Wildman–Crippen MR) is 115 cm³/mol. The molecule has 0 aliphatic carbocycles. The quantitative estimate of drug-likeness (QED) is 0.690. The van der Waals surface area contributed by atoms with Gasteiger partial charge in [-0.1, -0.05) is 12.1 Å². The van der Waals surface area contributed by atoms with Crippen molar-refractivity contribution in [1.29, 1.82) is 0 Å². The van der Waals surface area contributed by atoms with Crippen molar-refractivity contribution < 1.29 is 19.0 Å². The fraction of sp³-hybridized carbons (Fsp3) is 0.261. The van der Waals surface area contributed by atoms with Gasteiger partial charge in [-0.2, -0.15) is 0 Å². The van der Waals surface area contributed by atoms with Gasteiger partial charge in [0, 0.05) is 31.0 Å². The van der Waals surface area contributed by atoms with Crippen molar-refractivity contribution in [3.05, 3.63) is 72.1 Å². The highest BCUT2D eigenvalue weighted by atomic mass is 16.5. The highest BCUT2D eigenvalue weighted by Gasteiger charge is 2.32. The second-order valence-electron chi connectivity index (χ2n) is 6.99. The minimum Gasteiger partial charge on any atom is -0.497 e. The molecule has 1 N–H and O–H groups in total. The zero-order valence-corrected chi connectivity index (χ0v) is 17.3. The topological polar surface area (TPSA) is 65.0 Å². The van der Waals surface area contributed by atoms with Crippen molar-refractivity contribution in [2.45, 2.75) is 12.6 Å². The highest BCUT2D eigenvalue weighted by Crippen LogP contribution is 2.35. The van der Waals surface area contributed by atoms with Crippen LogP contribution >= 0.6 is 0 Å². The summed E-state index contributed by atoms with van der Waals surface area (Å²) in [5.74, 6) is 1.99. The number of carbonyl (C=O) groups is 1. The molecule has 0 saturated carbocycles. The van der Waals surface area contributed by atoms with Crippen molar-refractivity contribution in [3.63, 3.8) is 0 Å². The minimum absolute atomic E-state index is 0.188. The van der Waals surface area contributed by atoms with E-state index >= 15 is 0 Å². The number of carbonyl (C=O) groups excluding carboxylic acids is 1. The van der Waals surface area contributed by atoms with Gasteiger partial charge in [-0.05, 0) is 42.0 Å². The summed E-state index contributed by atoms with van der Waals surface area (Å²) >= 11 is 0. The Bertz CT molecular complexity index is 1030. The number of hydrogen-bond donors (Lipinski definition) is 1. The number of methoxy groups -OCH3 is 3. The number of rotatable bonds is 5. The Morgan fingerprint density at radius 2 is 1.67 bits per heavy atom. The van der Waals surface area contributed by atoms with E-state index in [1.54, 1.807) is 39.5 Å². The zero-order chi connectivity index (χ0) is 21.1. The van der Waals surface area contributed by atoms with Crippen molar-refractivity contribution in [2.75, 3.05) is 33.2 Å². The van der Waals surface area contributed by atoms with Crippen LogP contribution in [-0.2, 0) is 6.54 Å². The number of nitrogens with zero attached hydrogens (tertiary/aromatic N) is 2. The molecule has 2 heterocycles. The molecule has 7 heteroatoms. The summed E-state index contributed by atoms with van der Waals surface area (Å²) in [6.07, 6.45) is 2.05. The van der Waals surface area contributed by atoms with Crippen molar-refractivity contribution >= 4 is 11.7 Å². The third-order valence-corrected chi connectivity index (χ3v) is 5.38. The van der Waals surface area contributed by atoms with E-state index in [4.69, 9.17) is 14.2 Å². The second-order valence-corrected chi connectivity index (χ2v) is 6.99. The lowest BCUT2D eigenvalue weighted by atomic mass is 10.00. The van der Waals surface area contributed by atoms with Crippen LogP contribution in [0.25, 0.3) is 0 Å². The predicted octanol–water partition coefficient (Wildman–Crippen LogP) is 4.15. The lowest BCUT2D eigenvalue weighted by molar-refractivity contribution is 0.181. The number of hydrogen-bond acceptors (Lipinski definition) is 4. The van der Waals surface area contributed by atoms with Gasteiger partial charge in [0.05, 0.1) is 33.1 Å². The summed E-state index contributed by atoms with van der Waals surface area (Å²) in [5.41, 5.74) is 2.69. The van der Waals surface area contributed by atoms with Gasteiger partial charge in [0.1, 0.15) is 17.2 Å². The normalized spacial score (nSPS) is 15.3. The molecule has 0 radical (unpaired) electrons. The van der Waals surface area contributed by atoms with Gasteiger partial charge in [-0.15, -0.1) is 0 Å². The molecular weight excluding hydrogens is 382 g/mol. The summed E-state index contributed by atoms with van der Waals surface area (Å²) in [5, 5.41) is 3.00. The minimum atomic E-state index is -0.205. The summed E-state index contributed by atoms with van der Waals surface area (Å²) in [6, 6.07) is 16.8. The van der Waals surface area contributed by atoms with Gasteiger partial charge in [0.2, 0.25) is 0 Å². The average molecular weight is 407 g/mol. The molecule has 0 spiro atoms. The summed E-state index contributed by atoms with van der Waals surface area (Å²) in [7, 11) is 4.80. The Balaban J connectivity index is 1.65. The van der Waals surface area contributed by atoms with Crippen molar-refractivity contribution in [3.8, 4) is 17.2 Å². The first-order valence-corrected chi connectivity index (χ1v) is 9.73. The molecule has 0 unspecified atom stereocenters. The van der Waals surface area contributed by atoms with Crippen LogP contribution in [0.2, 0.25) is 0 Å². The molecule has 0 fully saturated rings. The van der Waals surface area contributed by atoms with Crippen molar-refractivity contribution in [2.24, 2.45) is 0 Å². The maximum atomic E-state index is 13.3. The van der Waals surface area contributed by atoms with E-state index in [1.165, 1.54) is 0 Å². The Hall–Kier alpha value is -3.61. The van der Waals surface area contributed by atoms with Gasteiger partial charge in [0.25, 0.3) is 0 Å². The molecule has 2 aromatic carbocycles. The fourth-order valence-electron chi connectivity index (χ4n) is 3.83. The Morgan fingerprint density at radius 3 is 2.37 bits per heavy atom. The van der Waals surface area contributed by atoms with E-state index in [0.717, 1.165) is 23.6 Å². The molecule has 0 bridgehead atoms. The number of benzene rings is 2. The van der Waals surface area contributed by atoms with Gasteiger partial charge in [-0.3, -0.25) is 0 Å². The van der Waals surface area contributed by atoms with Crippen LogP contribution in [0.5, 0.6) is 17.2 Å². The molecular formula is C23H25N3O4. The molecule has 1 atom stereocenters. The number of fused-ring (bicyclic) bond motifs is 1. The maximum Gasteiger partial charge on any atom is 0.322 e. The average Bonchev–Trinajstić information content (AvgIpc) is 3.27. The maximum absolute atomic E-state index is 13.3. The first-order chi connectivity index (χ1) is 14.6. The van der Waals surface area contributed by atoms with Gasteiger partial charge >= 0.3 is 6.03 Å². The van der Waals surface area contributed by atoms with E-state index in [2.05, 4.69) is 16.0 Å². The monoisotopic (exact) mass is 407 g/mol. The second kappa shape index (κ2) is 8.41. The number of urea groups is 1. The Labute approximate surface area is 175 Å². The molecule has 1 aliphatic rings. The molecule has 0 saturated heterocycles. The number of ether oxygens (including phenoxy) is 3. The first-order valence-electron chi connectivity index (χ1n) is 9.73. The van der Waals surface area contributed by atoms with E-state index in [1.807, 2.05) is 41.4 Å². The summed E-state index contributed by atoms with van der Waals surface area (Å²) < 4.78 is 18.1. The van der Waals surface area contributed by atoms with Gasteiger partial charge in [-0.25, -0.2) is 4.79 Å². The van der Waals surface area contributed by atoms with Crippen molar-refractivity contribution in [1.82, 2.24) is 9.47 Å². The van der Waals surface area contributed by atoms with Crippen LogP contribution < -0.4 is 19.5 Å². The molecule has 30 heavy (non-hydrogen) atoms. The zero-order valence-electron chi connectivity index (χ0n) is 17.3. The van der Waals surface area contributed by atoms with E-state index in [-0.39, 0.29) is 12.1 Å². The van der Waals surface area contributed by atoms with Gasteiger partial charge < -0.3 is 29.0 Å². The van der Waals surface area contributed by atoms with Crippen LogP contribution in [0.4, 0.5) is 10.5 Å². The lowest BCUT2D eigenvalue weighted by Crippen LogP contribution is -2.44. The molecule has 4 rings (SSSR count). The third-order valence-electron chi connectivity index (χ3n) is 5.38. The highest BCUT2D eigenvalue weighted by molar-refractivity contribution is 5.91. The Morgan fingerprint density at radius 1 is 0.933 bits per heavy atom. The smallest absolute Gasteiger partial charge is 0.322 e. The molecule has 3 aromatic rings. The number of amides is 2. The molecule has 2 amide bonds. The molecule has 1 aromatic heterocycles. The van der Waals surface area contributed by atoms with E-state index in [9.17, 15) is 4.79 Å². The Kier molecular flexibility index (Phi) is 5.52. The third kappa shape index (κ3) is 3.66. The molecule has 1 aliphatic heterocycles. The number of nitrogens with one attached hydrogen (secondary N) is 1. The fourth-order valence-corrected chi connectivity index (χ4v) is 3.83. The largest absolute Gasteiger partial charge is 0.497 e. The molecule has 156 valence electrons. The molecule has 7 nitrogen and oxygen atoms in total. The summed E-state index contributed by atoms with van der Waals surface area (Å²) in [4.78, 5) is 15.2.